The van der Waals surface area contributed by atoms with Crippen molar-refractivity contribution in [1.29, 1.82) is 0 Å². The van der Waals surface area contributed by atoms with E-state index in [1.54, 1.807) is 180 Å². The van der Waals surface area contributed by atoms with Crippen molar-refractivity contribution in [3.05, 3.63) is 281 Å². The molecule has 36 nitrogen and oxygen atoms in total. The number of anilines is 2. The van der Waals surface area contributed by atoms with Crippen molar-refractivity contribution in [3.8, 4) is 115 Å². The number of phenolic OH excluding ortho intramolecular Hbond substituents is 1. The van der Waals surface area contributed by atoms with Gasteiger partial charge in [-0.3, -0.25) is 19.9 Å². The van der Waals surface area contributed by atoms with Crippen LogP contribution in [0, 0.1) is 0 Å². The molecule has 0 radical (unpaired) electrons. The van der Waals surface area contributed by atoms with Gasteiger partial charge in [0.05, 0.1) is 71.6 Å². The maximum atomic E-state index is 12.6. The quantitative estimate of drug-likeness (QED) is 0.0285. The normalized spacial score (nSPS) is 14.0. The summed E-state index contributed by atoms with van der Waals surface area (Å²) < 4.78 is 59.9. The Morgan fingerprint density at radius 1 is 0.385 bits per heavy atom. The summed E-state index contributed by atoms with van der Waals surface area (Å²) in [6.07, 6.45) is 20.6. The zero-order chi connectivity index (χ0) is 103. The number of hydrogen-bond donors (Lipinski definition) is 5. The van der Waals surface area contributed by atoms with E-state index in [1.165, 1.54) is 24.8 Å². The van der Waals surface area contributed by atoms with E-state index in [4.69, 9.17) is 147 Å². The van der Waals surface area contributed by atoms with Gasteiger partial charge in [0.1, 0.15) is 90.1 Å². The minimum absolute atomic E-state index is 0.0644. The molecule has 9 aromatic heterocycles. The molecule has 3 aliphatic rings. The van der Waals surface area contributed by atoms with Crippen LogP contribution in [-0.2, 0) is 9.47 Å². The number of hydrogen-bond acceptors (Lipinski definition) is 34. The largest absolute Gasteiger partial charge is 0.508 e. The van der Waals surface area contributed by atoms with Gasteiger partial charge in [0.25, 0.3) is 0 Å². The molecule has 5 N–H and O–H groups in total. The molecule has 0 spiro atoms. The maximum Gasteiger partial charge on any atom is 0.490 e. The Morgan fingerprint density at radius 2 is 0.741 bits per heavy atom. The first-order valence-electron chi connectivity index (χ1n) is 44.4. The van der Waals surface area contributed by atoms with Gasteiger partial charge in [0, 0.05) is 149 Å². The number of carbonyl (C=O) groups excluding carboxylic acids is 2. The van der Waals surface area contributed by atoms with Crippen molar-refractivity contribution in [3.63, 3.8) is 0 Å². The Kier molecular flexibility index (Phi) is 43.4. The molecule has 14 aromatic rings. The molecule has 5 aromatic carbocycles. The highest BCUT2D eigenvalue weighted by Gasteiger charge is 2.34. The fourth-order valence-electron chi connectivity index (χ4n) is 12.8. The average molecular weight is 2070 g/mol. The van der Waals surface area contributed by atoms with Gasteiger partial charge < -0.3 is 97.5 Å². The average Bonchev–Trinajstić information content (AvgIpc) is 0.778. The first-order valence-corrected chi connectivity index (χ1v) is 46.7. The van der Waals surface area contributed by atoms with E-state index in [0.717, 1.165) is 96.1 Å². The van der Waals surface area contributed by atoms with Crippen LogP contribution < -0.4 is 68.5 Å². The van der Waals surface area contributed by atoms with Gasteiger partial charge in [0.15, 0.2) is 22.6 Å². The number of aromatic hydroxyl groups is 1. The highest BCUT2D eigenvalue weighted by atomic mass is 35.5. The summed E-state index contributed by atoms with van der Waals surface area (Å²) in [4.78, 5) is 90.2. The van der Waals surface area contributed by atoms with Crippen LogP contribution in [0.4, 0.5) is 21.0 Å². The molecule has 0 bridgehead atoms. The number of carbonyl (C=O) groups is 2. The lowest BCUT2D eigenvalue weighted by molar-refractivity contribution is 0.0136. The number of ether oxygens (including phenoxy) is 11. The number of pyridine rings is 4. The summed E-state index contributed by atoms with van der Waals surface area (Å²) in [6, 6.07) is 50.6. The lowest BCUT2D eigenvalue weighted by Crippen LogP contribution is -2.55. The lowest BCUT2D eigenvalue weighted by atomic mass is 9.82. The summed E-state index contributed by atoms with van der Waals surface area (Å²) in [6.45, 7) is 24.3. The fraction of sp³-hybridized carbons (Fsp3) is 0.280. The second-order valence-electron chi connectivity index (χ2n) is 32.9. The van der Waals surface area contributed by atoms with Crippen LogP contribution >= 0.6 is 69.6 Å². The molecule has 0 unspecified atom stereocenters. The number of nitrogens with zero attached hydrogens (tertiary/aromatic N) is 18. The van der Waals surface area contributed by atoms with E-state index < -0.39 is 18.3 Å². The van der Waals surface area contributed by atoms with E-state index in [0.29, 0.717) is 104 Å². The maximum absolute atomic E-state index is 12.6. The van der Waals surface area contributed by atoms with E-state index in [-0.39, 0.29) is 51.6 Å². The van der Waals surface area contributed by atoms with Crippen LogP contribution in [0.15, 0.2) is 250 Å². The smallest absolute Gasteiger partial charge is 0.490 e. The van der Waals surface area contributed by atoms with E-state index in [2.05, 4.69) is 87.2 Å². The molecular weight excluding hydrogens is 1960 g/mol. The van der Waals surface area contributed by atoms with Gasteiger partial charge in [0.2, 0.25) is 34.1 Å². The Bertz CT molecular complexity index is 6260. The first kappa shape index (κ1) is 111. The van der Waals surface area contributed by atoms with Crippen molar-refractivity contribution in [2.75, 3.05) is 104 Å². The number of nitrogens with one attached hydrogen (secondary N) is 2. The molecule has 12 heterocycles. The van der Waals surface area contributed by atoms with Gasteiger partial charge in [-0.1, -0.05) is 52.5 Å². The number of piperazine rings is 3. The predicted octanol–water partition coefficient (Wildman–Crippen LogP) is 19.3. The zero-order valence-electron chi connectivity index (χ0n) is 80.8. The summed E-state index contributed by atoms with van der Waals surface area (Å²) in [7, 11) is 6.65. The Labute approximate surface area is 859 Å². The highest BCUT2D eigenvalue weighted by molar-refractivity contribution is 6.58. The molecule has 0 saturated carbocycles. The molecule has 3 saturated heterocycles. The number of methoxy groups -OCH3 is 5. The van der Waals surface area contributed by atoms with Crippen LogP contribution in [0.1, 0.15) is 62.3 Å². The SMILES string of the molecule is COc1ccc(O)cc1.COc1ccc(Oc2nc(-c3cccnc3)ncc2Cl)cc1.COc1ccc(Oc2nc(-c3cccnc3)ncc2N2CCN(C(=O)OC(C)(C)C)[C@H](C)C2)cc1.COc1ccc(Oc2nc(-c3cccnc3)ncc2N2CCN[C@H](C)C2)cc1.COc1ccc(Oc2nc(Cl)ncc2Cl)cc1.C[C@@H]1CNCCN1C(=O)OC(C)(C)C.Clc1ncc(Cl)c(Cl)n1.OB(O)c1cccnc1. The first-order chi connectivity index (χ1) is 68.6. The van der Waals surface area contributed by atoms with Gasteiger partial charge in [-0.15, -0.1) is 0 Å². The van der Waals surface area contributed by atoms with Gasteiger partial charge >= 0.3 is 19.3 Å². The van der Waals surface area contributed by atoms with Crippen LogP contribution in [0.2, 0.25) is 30.8 Å². The van der Waals surface area contributed by atoms with Crippen molar-refractivity contribution in [1.82, 2.24) is 90.2 Å². The second-order valence-corrected chi connectivity index (χ2v) is 35.1. The fourth-order valence-corrected chi connectivity index (χ4v) is 13.6. The summed E-state index contributed by atoms with van der Waals surface area (Å²) in [5.74, 6) is 9.63. The Hall–Kier alpha value is -14.1. The summed E-state index contributed by atoms with van der Waals surface area (Å²) in [5.41, 5.74) is 3.55. The number of phenols is 1. The van der Waals surface area contributed by atoms with Crippen LogP contribution in [-0.4, -0.2) is 238 Å². The summed E-state index contributed by atoms with van der Waals surface area (Å²) >= 11 is 33.9. The van der Waals surface area contributed by atoms with Crippen LogP contribution in [0.5, 0.6) is 81.0 Å². The highest BCUT2D eigenvalue weighted by Crippen LogP contribution is 2.38. The van der Waals surface area contributed by atoms with Gasteiger partial charge in [-0.05, 0) is 249 Å². The standard InChI is InChI=1S/C26H31N5O4.C21H23N5O2.C16H12ClN3O2.C11H8Cl2N2O2.C10H20N2O2.C7H8O2.C5H6BNO2.C4HCl3N2/c1-18-17-30(13-14-31(18)25(32)35-26(2,3)4)22-16-28-23(19-7-6-12-27-15-19)29-24(22)34-21-10-8-20(33-5)9-11-21;1-15-14-26(11-10-23-15)19-13-24-20(16-4-3-9-22-12-16)25-21(19)28-18-7-5-17(27-2)6-8-18;1-21-12-4-6-13(7-5-12)22-16-14(17)10-19-15(20-16)11-3-2-8-18-9-11;1-16-7-2-4-8(5-3-7)17-10-9(12)6-14-11(13)15-10;1-8-7-11-5-6-12(8)9(13)14-10(2,3)4;1-9-7-4-2-6(8)3-5-7;8-6(9)5-2-1-3-7-4-5;5-2-1-8-4(7)9-3(2)6/h6-12,15-16,18H,13-14,17H2,1-5H3;3-9,12-13,15,23H,10-11,14H2,1-2H3;2-10H,1H3;2-6H,1H3;8,11H,5-7H2,1-4H3;2-5,8H,1H3;1-4,8-9H;1H/t18-;15-;;;8-;;;/m11..1.../s1. The minimum atomic E-state index is -1.40. The molecule has 43 heteroatoms. The molecule has 3 aliphatic heterocycles. The van der Waals surface area contributed by atoms with Crippen molar-refractivity contribution < 1.29 is 76.8 Å². The summed E-state index contributed by atoms with van der Waals surface area (Å²) in [5, 5.41) is 33.9. The number of benzene rings is 5. The molecule has 17 rings (SSSR count). The Balaban J connectivity index is 0.000000176. The van der Waals surface area contributed by atoms with E-state index in [9.17, 15) is 9.59 Å². The molecule has 143 heavy (non-hydrogen) atoms. The molecule has 0 aliphatic carbocycles. The van der Waals surface area contributed by atoms with Crippen LogP contribution in [0.25, 0.3) is 34.2 Å². The van der Waals surface area contributed by atoms with E-state index >= 15 is 0 Å². The predicted molar refractivity (Wildman–Crippen MR) is 550 cm³/mol. The third-order valence-electron chi connectivity index (χ3n) is 19.9. The zero-order valence-corrected chi connectivity index (χ0v) is 85.3. The number of aromatic nitrogens is 14. The third kappa shape index (κ3) is 36.7. The van der Waals surface area contributed by atoms with Gasteiger partial charge in [-0.25, -0.2) is 39.5 Å². The van der Waals surface area contributed by atoms with Gasteiger partial charge in [-0.2, -0.15) is 19.9 Å². The molecule has 750 valence electrons. The molecule has 2 amide bonds. The number of amides is 2. The number of halogens is 6. The van der Waals surface area contributed by atoms with Crippen LogP contribution in [0.3, 0.4) is 0 Å². The Morgan fingerprint density at radius 3 is 1.10 bits per heavy atom. The van der Waals surface area contributed by atoms with Crippen molar-refractivity contribution in [2.45, 2.75) is 91.6 Å². The topological polar surface area (TPSA) is 414 Å². The lowest BCUT2D eigenvalue weighted by Gasteiger charge is -2.41. The molecule has 3 fully saturated rings. The molecule has 3 atom stereocenters. The van der Waals surface area contributed by atoms with Crippen molar-refractivity contribution in [2.24, 2.45) is 0 Å². The minimum Gasteiger partial charge on any atom is -0.508 e. The number of rotatable bonds is 19. The molecular formula is C100H109BCl6N20O16. The van der Waals surface area contributed by atoms with E-state index in [1.807, 2.05) is 147 Å². The van der Waals surface area contributed by atoms with Crippen molar-refractivity contribution >= 4 is 106 Å². The second kappa shape index (κ2) is 55.9. The third-order valence-corrected chi connectivity index (χ3v) is 21.4. The monoisotopic (exact) mass is 2070 g/mol.